The van der Waals surface area contributed by atoms with Crippen LogP contribution in [0.4, 0.5) is 5.95 Å². The molecule has 0 unspecified atom stereocenters. The quantitative estimate of drug-likeness (QED) is 0.836. The number of nitrogens with zero attached hydrogens (tertiary/aromatic N) is 3. The van der Waals surface area contributed by atoms with Gasteiger partial charge in [-0.1, -0.05) is 23.7 Å². The lowest BCUT2D eigenvalue weighted by atomic mass is 9.96. The Morgan fingerprint density at radius 2 is 1.80 bits per heavy atom. The zero-order chi connectivity index (χ0) is 18.1. The maximum atomic E-state index is 12.3. The Morgan fingerprint density at radius 3 is 2.40 bits per heavy atom. The first-order valence-electron chi connectivity index (χ1n) is 7.32. The Bertz CT molecular complexity index is 873. The van der Waals surface area contributed by atoms with Crippen LogP contribution < -0.4 is 5.32 Å². The van der Waals surface area contributed by atoms with Gasteiger partial charge >= 0.3 is 11.9 Å². The molecule has 0 radical (unpaired) electrons. The molecule has 1 N–H and O–H groups in total. The summed E-state index contributed by atoms with van der Waals surface area (Å²) in [4.78, 5) is 28.2. The van der Waals surface area contributed by atoms with Crippen molar-refractivity contribution in [2.24, 2.45) is 0 Å². The number of anilines is 1. The summed E-state index contributed by atoms with van der Waals surface area (Å²) in [6.07, 6.45) is 0. The zero-order valence-electron chi connectivity index (χ0n) is 13.7. The van der Waals surface area contributed by atoms with E-state index in [-0.39, 0.29) is 5.82 Å². The van der Waals surface area contributed by atoms with Crippen LogP contribution in [0, 0.1) is 0 Å². The van der Waals surface area contributed by atoms with Crippen LogP contribution in [0.3, 0.4) is 0 Å². The number of rotatable bonds is 3. The molecule has 1 aromatic carbocycles. The third kappa shape index (κ3) is 2.96. The molecule has 130 valence electrons. The summed E-state index contributed by atoms with van der Waals surface area (Å²) in [5.74, 6) is -0.963. The molecule has 0 fully saturated rings. The van der Waals surface area contributed by atoms with Crippen LogP contribution in [0.15, 0.2) is 35.5 Å². The smallest absolute Gasteiger partial charge is 0.378 e. The number of aromatic nitrogens is 3. The average Bonchev–Trinajstić information content (AvgIpc) is 3.03. The first-order valence-corrected chi connectivity index (χ1v) is 7.70. The van der Waals surface area contributed by atoms with Gasteiger partial charge in [0.15, 0.2) is 0 Å². The lowest BCUT2D eigenvalue weighted by Gasteiger charge is -2.27. The molecule has 0 saturated carbocycles. The predicted molar refractivity (Wildman–Crippen MR) is 89.3 cm³/mol. The normalized spacial score (nSPS) is 16.1. The predicted octanol–water partition coefficient (Wildman–Crippen LogP) is 2.18. The highest BCUT2D eigenvalue weighted by molar-refractivity contribution is 6.30. The SMILES string of the molecule is COC(=O)C1=C(C)Nc2nc(C(=O)OC)nn2[C@H]1c1ccc(Cl)cc1. The highest BCUT2D eigenvalue weighted by atomic mass is 35.5. The molecule has 8 nitrogen and oxygen atoms in total. The van der Waals surface area contributed by atoms with Crippen LogP contribution in [0.2, 0.25) is 5.02 Å². The molecule has 1 atom stereocenters. The maximum Gasteiger partial charge on any atom is 0.378 e. The standard InChI is InChI=1S/C16H15ClN4O4/c1-8-11(14(22)24-2)12(9-4-6-10(17)7-5-9)21-16(18-8)19-13(20-21)15(23)25-3/h4-7,12H,1-3H3,(H,18,19,20)/t12-/m0/s1. The highest BCUT2D eigenvalue weighted by Gasteiger charge is 2.35. The molecular weight excluding hydrogens is 348 g/mol. The molecule has 2 aromatic rings. The van der Waals surface area contributed by atoms with Gasteiger partial charge in [0.2, 0.25) is 5.95 Å². The lowest BCUT2D eigenvalue weighted by molar-refractivity contribution is -0.136. The number of hydrogen-bond acceptors (Lipinski definition) is 7. The van der Waals surface area contributed by atoms with Gasteiger partial charge in [0.25, 0.3) is 5.82 Å². The van der Waals surface area contributed by atoms with Crippen molar-refractivity contribution in [3.8, 4) is 0 Å². The Kier molecular flexibility index (Phi) is 4.45. The molecule has 9 heteroatoms. The number of halogens is 1. The summed E-state index contributed by atoms with van der Waals surface area (Å²) in [6.45, 7) is 1.73. The highest BCUT2D eigenvalue weighted by Crippen LogP contribution is 2.35. The van der Waals surface area contributed by atoms with Gasteiger partial charge in [-0.15, -0.1) is 5.10 Å². The van der Waals surface area contributed by atoms with E-state index in [9.17, 15) is 9.59 Å². The minimum atomic E-state index is -0.671. The monoisotopic (exact) mass is 362 g/mol. The van der Waals surface area contributed by atoms with Crippen molar-refractivity contribution >= 4 is 29.5 Å². The number of esters is 2. The molecule has 25 heavy (non-hydrogen) atoms. The minimum absolute atomic E-state index is 0.108. The minimum Gasteiger partial charge on any atom is -0.466 e. The second kappa shape index (κ2) is 6.56. The fraction of sp³-hybridized carbons (Fsp3) is 0.250. The molecule has 0 bridgehead atoms. The van der Waals surface area contributed by atoms with Crippen LogP contribution in [0.1, 0.15) is 29.1 Å². The topological polar surface area (TPSA) is 95.3 Å². The van der Waals surface area contributed by atoms with Crippen molar-refractivity contribution in [2.45, 2.75) is 13.0 Å². The molecule has 2 heterocycles. The molecule has 0 aliphatic carbocycles. The fourth-order valence-corrected chi connectivity index (χ4v) is 2.78. The van der Waals surface area contributed by atoms with Crippen molar-refractivity contribution in [3.63, 3.8) is 0 Å². The summed E-state index contributed by atoms with van der Waals surface area (Å²) < 4.78 is 11.0. The van der Waals surface area contributed by atoms with Crippen LogP contribution in [0.5, 0.6) is 0 Å². The van der Waals surface area contributed by atoms with Gasteiger partial charge in [-0.3, -0.25) is 0 Å². The van der Waals surface area contributed by atoms with E-state index >= 15 is 0 Å². The summed E-state index contributed by atoms with van der Waals surface area (Å²) in [5.41, 5.74) is 1.66. The molecule has 1 aliphatic heterocycles. The number of ether oxygens (including phenoxy) is 2. The van der Waals surface area contributed by atoms with Crippen LogP contribution in [-0.2, 0) is 14.3 Å². The number of carbonyl (C=O) groups is 2. The molecule has 3 rings (SSSR count). The van der Waals surface area contributed by atoms with E-state index in [1.807, 2.05) is 0 Å². The van der Waals surface area contributed by atoms with E-state index in [2.05, 4.69) is 20.1 Å². The van der Waals surface area contributed by atoms with Crippen molar-refractivity contribution in [3.05, 3.63) is 51.9 Å². The Balaban J connectivity index is 2.18. The Hall–Kier alpha value is -2.87. The van der Waals surface area contributed by atoms with E-state index in [0.717, 1.165) is 5.56 Å². The van der Waals surface area contributed by atoms with Crippen molar-refractivity contribution in [1.82, 2.24) is 14.8 Å². The van der Waals surface area contributed by atoms with Gasteiger partial charge in [-0.2, -0.15) is 4.98 Å². The van der Waals surface area contributed by atoms with Crippen LogP contribution in [0.25, 0.3) is 0 Å². The van der Waals surface area contributed by atoms with Gasteiger partial charge in [-0.25, -0.2) is 14.3 Å². The number of methoxy groups -OCH3 is 2. The van der Waals surface area contributed by atoms with Gasteiger partial charge in [0.1, 0.15) is 6.04 Å². The van der Waals surface area contributed by atoms with Gasteiger partial charge in [0, 0.05) is 10.7 Å². The third-order valence-electron chi connectivity index (χ3n) is 3.81. The number of allylic oxidation sites excluding steroid dienone is 1. The van der Waals surface area contributed by atoms with Gasteiger partial charge in [0.05, 0.1) is 19.8 Å². The molecule has 1 aromatic heterocycles. The summed E-state index contributed by atoms with van der Waals surface area (Å²) >= 11 is 5.96. The van der Waals surface area contributed by atoms with Gasteiger partial charge < -0.3 is 14.8 Å². The summed E-state index contributed by atoms with van der Waals surface area (Å²) in [6, 6.07) is 6.35. The van der Waals surface area contributed by atoms with E-state index in [4.69, 9.17) is 16.3 Å². The molecule has 1 aliphatic rings. The first-order chi connectivity index (χ1) is 12.0. The van der Waals surface area contributed by atoms with Crippen molar-refractivity contribution in [2.75, 3.05) is 19.5 Å². The van der Waals surface area contributed by atoms with E-state index in [1.54, 1.807) is 31.2 Å². The van der Waals surface area contributed by atoms with E-state index < -0.39 is 18.0 Å². The molecule has 0 amide bonds. The maximum absolute atomic E-state index is 12.3. The van der Waals surface area contributed by atoms with Crippen LogP contribution in [-0.4, -0.2) is 40.9 Å². The number of carbonyl (C=O) groups excluding carboxylic acids is 2. The summed E-state index contributed by atoms with van der Waals surface area (Å²) in [7, 11) is 2.55. The van der Waals surface area contributed by atoms with Crippen molar-refractivity contribution in [1.29, 1.82) is 0 Å². The number of benzene rings is 1. The second-order valence-electron chi connectivity index (χ2n) is 5.30. The number of fused-ring (bicyclic) bond motifs is 1. The fourth-order valence-electron chi connectivity index (χ4n) is 2.66. The number of hydrogen-bond donors (Lipinski definition) is 1. The molecule has 0 spiro atoms. The van der Waals surface area contributed by atoms with E-state index in [0.29, 0.717) is 22.2 Å². The largest absolute Gasteiger partial charge is 0.466 e. The Morgan fingerprint density at radius 1 is 1.16 bits per heavy atom. The zero-order valence-corrected chi connectivity index (χ0v) is 14.5. The Labute approximate surface area is 148 Å². The van der Waals surface area contributed by atoms with Crippen molar-refractivity contribution < 1.29 is 19.1 Å². The van der Waals surface area contributed by atoms with Gasteiger partial charge in [-0.05, 0) is 24.6 Å². The average molecular weight is 363 g/mol. The summed E-state index contributed by atoms with van der Waals surface area (Å²) in [5, 5.41) is 7.73. The third-order valence-corrected chi connectivity index (χ3v) is 4.06. The second-order valence-corrected chi connectivity index (χ2v) is 5.74. The lowest BCUT2D eigenvalue weighted by Crippen LogP contribution is -2.29. The number of nitrogens with one attached hydrogen (secondary N) is 1. The molecular formula is C16H15ClN4O4. The van der Waals surface area contributed by atoms with E-state index in [1.165, 1.54) is 18.9 Å². The van der Waals surface area contributed by atoms with Crippen LogP contribution >= 0.6 is 11.6 Å². The first kappa shape index (κ1) is 17.0. The molecule has 0 saturated heterocycles.